The zero-order valence-corrected chi connectivity index (χ0v) is 17.2. The molecule has 0 fully saturated rings. The molecule has 0 saturated carbocycles. The Kier molecular flexibility index (Phi) is 7.04. The van der Waals surface area contributed by atoms with Gasteiger partial charge in [-0.25, -0.2) is 9.97 Å². The van der Waals surface area contributed by atoms with Crippen molar-refractivity contribution >= 4 is 28.9 Å². The first-order valence-electron chi connectivity index (χ1n) is 7.13. The molecule has 25 heavy (non-hydrogen) atoms. The van der Waals surface area contributed by atoms with Gasteiger partial charge < -0.3 is 15.7 Å². The van der Waals surface area contributed by atoms with Crippen LogP contribution in [0.25, 0.3) is 22.1 Å². The summed E-state index contributed by atoms with van der Waals surface area (Å²) in [6.45, 7) is 2.40. The van der Waals surface area contributed by atoms with Crippen molar-refractivity contribution < 1.29 is 50.0 Å². The van der Waals surface area contributed by atoms with Crippen molar-refractivity contribution in [2.45, 2.75) is 13.3 Å². The third kappa shape index (κ3) is 4.83. The molecule has 3 rings (SSSR count). The van der Waals surface area contributed by atoms with Gasteiger partial charge in [0.1, 0.15) is 0 Å². The summed E-state index contributed by atoms with van der Waals surface area (Å²) in [5, 5.41) is 9.09. The second-order valence-corrected chi connectivity index (χ2v) is 6.50. The number of ether oxygens (including phenoxy) is 1. The van der Waals surface area contributed by atoms with Gasteiger partial charge in [0.05, 0.1) is 33.5 Å². The minimum Gasteiger partial charge on any atom is -1.00 e. The van der Waals surface area contributed by atoms with E-state index >= 15 is 0 Å². The van der Waals surface area contributed by atoms with Gasteiger partial charge in [0.2, 0.25) is 11.8 Å². The van der Waals surface area contributed by atoms with Gasteiger partial charge in [-0.05, 0) is 25.1 Å². The summed E-state index contributed by atoms with van der Waals surface area (Å²) in [6, 6.07) is 6.98. The maximum absolute atomic E-state index is 11.1. The van der Waals surface area contributed by atoms with Crippen LogP contribution in [-0.4, -0.2) is 27.7 Å². The molecule has 126 valence electrons. The first kappa shape index (κ1) is 19.9. The van der Waals surface area contributed by atoms with E-state index in [4.69, 9.17) is 25.9 Å². The Morgan fingerprint density at radius 3 is 2.76 bits per heavy atom. The number of nitrogens with zero attached hydrogens (tertiary/aromatic N) is 2. The number of aromatic nitrogens is 2. The number of carboxylic acid groups (broad SMARTS) is 1. The molecular formula is C16H14ClN2NaO4S. The van der Waals surface area contributed by atoms with Crippen molar-refractivity contribution in [2.24, 2.45) is 0 Å². The fraction of sp³-hybridized carbons (Fsp3) is 0.188. The van der Waals surface area contributed by atoms with E-state index in [1.165, 1.54) is 11.3 Å². The Morgan fingerprint density at radius 2 is 2.20 bits per heavy atom. The van der Waals surface area contributed by atoms with Crippen molar-refractivity contribution in [1.82, 2.24) is 9.97 Å². The van der Waals surface area contributed by atoms with Crippen LogP contribution in [0.3, 0.4) is 0 Å². The van der Waals surface area contributed by atoms with E-state index in [2.05, 4.69) is 9.97 Å². The van der Waals surface area contributed by atoms with Gasteiger partial charge >= 0.3 is 35.5 Å². The Labute approximate surface area is 176 Å². The Bertz CT molecular complexity index is 870. The molecule has 0 atom stereocenters. The largest absolute Gasteiger partial charge is 1.00 e. The molecule has 9 heteroatoms. The van der Waals surface area contributed by atoms with Gasteiger partial charge in [-0.3, -0.25) is 4.79 Å². The predicted molar refractivity (Wildman–Crippen MR) is 91.7 cm³/mol. The third-order valence-electron chi connectivity index (χ3n) is 3.09. The van der Waals surface area contributed by atoms with Crippen LogP contribution < -0.4 is 34.3 Å². The van der Waals surface area contributed by atoms with Crippen LogP contribution in [-0.2, 0) is 11.2 Å². The quantitative estimate of drug-likeness (QED) is 0.640. The molecule has 0 unspecified atom stereocenters. The van der Waals surface area contributed by atoms with Crippen molar-refractivity contribution in [3.63, 3.8) is 0 Å². The standard InChI is InChI=1S/C16H13ClN2O4S.Na.H/c1-2-22-13-6-3-9(8-18-13)16-19-10(7-14(20)21)15(23-16)11-4-5-12(17)24-11;;/h3-6,8H,2,7H2,1H3,(H,20,21);;/q;+1;-1. The van der Waals surface area contributed by atoms with Gasteiger partial charge in [0, 0.05) is 12.3 Å². The van der Waals surface area contributed by atoms with E-state index in [9.17, 15) is 4.79 Å². The average Bonchev–Trinajstić information content (AvgIpc) is 3.14. The minimum absolute atomic E-state index is 0. The number of rotatable bonds is 6. The van der Waals surface area contributed by atoms with Crippen LogP contribution in [0, 0.1) is 0 Å². The zero-order chi connectivity index (χ0) is 17.1. The summed E-state index contributed by atoms with van der Waals surface area (Å²) in [7, 11) is 0. The van der Waals surface area contributed by atoms with E-state index in [1.807, 2.05) is 6.92 Å². The fourth-order valence-electron chi connectivity index (χ4n) is 2.11. The number of pyridine rings is 1. The number of carbonyl (C=O) groups is 1. The fourth-order valence-corrected chi connectivity index (χ4v) is 3.15. The van der Waals surface area contributed by atoms with E-state index in [-0.39, 0.29) is 37.4 Å². The molecule has 0 saturated heterocycles. The number of hydrogen-bond acceptors (Lipinski definition) is 6. The maximum Gasteiger partial charge on any atom is 1.00 e. The number of thiophene rings is 1. The maximum atomic E-state index is 11.1. The molecule has 0 spiro atoms. The number of carboxylic acids is 1. The third-order valence-corrected chi connectivity index (χ3v) is 4.32. The SMILES string of the molecule is CCOc1ccc(-c2nc(CC(=O)O)c(-c3ccc(Cl)s3)o2)cn1.[H-].[Na+]. The monoisotopic (exact) mass is 388 g/mol. The molecule has 3 heterocycles. The second kappa shape index (κ2) is 8.82. The normalized spacial score (nSPS) is 10.3. The van der Waals surface area contributed by atoms with Crippen molar-refractivity contribution in [1.29, 1.82) is 0 Å². The first-order chi connectivity index (χ1) is 11.6. The molecule has 0 aliphatic rings. The molecule has 3 aromatic rings. The summed E-state index contributed by atoms with van der Waals surface area (Å²) < 4.78 is 11.7. The van der Waals surface area contributed by atoms with E-state index in [0.29, 0.717) is 39.7 Å². The Balaban J connectivity index is 0.00000169. The van der Waals surface area contributed by atoms with Crippen LogP contribution in [0.5, 0.6) is 5.88 Å². The summed E-state index contributed by atoms with van der Waals surface area (Å²) in [5.41, 5.74) is 0.990. The number of aliphatic carboxylic acids is 1. The van der Waals surface area contributed by atoms with Crippen LogP contribution >= 0.6 is 22.9 Å². The molecule has 0 aromatic carbocycles. The van der Waals surface area contributed by atoms with Crippen LogP contribution in [0.2, 0.25) is 4.34 Å². The van der Waals surface area contributed by atoms with Gasteiger partial charge in [0.25, 0.3) is 0 Å². The Morgan fingerprint density at radius 1 is 1.40 bits per heavy atom. The predicted octanol–water partition coefficient (Wildman–Crippen LogP) is 1.26. The second-order valence-electron chi connectivity index (χ2n) is 4.79. The molecule has 0 aliphatic heterocycles. The van der Waals surface area contributed by atoms with Crippen molar-refractivity contribution in [2.75, 3.05) is 6.61 Å². The first-order valence-corrected chi connectivity index (χ1v) is 8.32. The van der Waals surface area contributed by atoms with Gasteiger partial charge in [-0.1, -0.05) is 11.6 Å². The van der Waals surface area contributed by atoms with Crippen LogP contribution in [0.1, 0.15) is 14.0 Å². The molecule has 3 aromatic heterocycles. The van der Waals surface area contributed by atoms with Crippen LogP contribution in [0.4, 0.5) is 0 Å². The number of oxazole rings is 1. The molecule has 0 radical (unpaired) electrons. The molecule has 0 bridgehead atoms. The summed E-state index contributed by atoms with van der Waals surface area (Å²) in [4.78, 5) is 20.3. The summed E-state index contributed by atoms with van der Waals surface area (Å²) in [6.07, 6.45) is 1.34. The molecule has 6 nitrogen and oxygen atoms in total. The van der Waals surface area contributed by atoms with Gasteiger partial charge in [0.15, 0.2) is 5.76 Å². The smallest absolute Gasteiger partial charge is 1.00 e. The van der Waals surface area contributed by atoms with Crippen molar-refractivity contribution in [3.05, 3.63) is 40.5 Å². The molecular weight excluding hydrogens is 375 g/mol. The number of hydrogen-bond donors (Lipinski definition) is 1. The zero-order valence-electron chi connectivity index (χ0n) is 14.7. The topological polar surface area (TPSA) is 85.5 Å². The average molecular weight is 389 g/mol. The summed E-state index contributed by atoms with van der Waals surface area (Å²) in [5.74, 6) is 0.243. The Hall–Kier alpha value is -1.38. The van der Waals surface area contributed by atoms with Gasteiger partial charge in [-0.15, -0.1) is 11.3 Å². The van der Waals surface area contributed by atoms with Crippen LogP contribution in [0.15, 0.2) is 34.9 Å². The molecule has 0 aliphatic carbocycles. The van der Waals surface area contributed by atoms with Crippen molar-refractivity contribution in [3.8, 4) is 28.0 Å². The molecule has 1 N–H and O–H groups in total. The van der Waals surface area contributed by atoms with E-state index in [1.54, 1.807) is 30.5 Å². The summed E-state index contributed by atoms with van der Waals surface area (Å²) >= 11 is 7.26. The van der Waals surface area contributed by atoms with Gasteiger partial charge in [-0.2, -0.15) is 0 Å². The van der Waals surface area contributed by atoms with E-state index < -0.39 is 5.97 Å². The molecule has 0 amide bonds. The minimum atomic E-state index is -0.983. The van der Waals surface area contributed by atoms with E-state index in [0.717, 1.165) is 4.88 Å². The number of halogens is 1.